The molecule has 1 aromatic carbocycles. The predicted octanol–water partition coefficient (Wildman–Crippen LogP) is 2.92. The minimum Gasteiger partial charge on any atom is -0.313 e. The van der Waals surface area contributed by atoms with Crippen molar-refractivity contribution in [2.45, 2.75) is 18.6 Å². The van der Waals surface area contributed by atoms with Gasteiger partial charge in [-0.05, 0) is 50.7 Å². The van der Waals surface area contributed by atoms with Crippen molar-refractivity contribution in [2.75, 3.05) is 27.2 Å². The highest BCUT2D eigenvalue weighted by atomic mass is 19.4. The molecular formula is C14H19F3N2. The fourth-order valence-electron chi connectivity index (χ4n) is 2.82. The van der Waals surface area contributed by atoms with Crippen molar-refractivity contribution in [3.8, 4) is 0 Å². The number of alkyl halides is 3. The summed E-state index contributed by atoms with van der Waals surface area (Å²) in [7, 11) is 3.85. The van der Waals surface area contributed by atoms with E-state index in [4.69, 9.17) is 0 Å². The monoisotopic (exact) mass is 272 g/mol. The molecule has 1 aliphatic rings. The average Bonchev–Trinajstić information content (AvgIpc) is 2.76. The van der Waals surface area contributed by atoms with E-state index in [0.29, 0.717) is 5.92 Å². The number of halogens is 3. The first-order valence-electron chi connectivity index (χ1n) is 6.45. The molecule has 2 nitrogen and oxygen atoms in total. The first-order chi connectivity index (χ1) is 8.91. The van der Waals surface area contributed by atoms with E-state index in [2.05, 4.69) is 10.2 Å². The van der Waals surface area contributed by atoms with E-state index < -0.39 is 11.7 Å². The molecule has 0 aromatic heterocycles. The van der Waals surface area contributed by atoms with Crippen LogP contribution < -0.4 is 5.32 Å². The van der Waals surface area contributed by atoms with Crippen molar-refractivity contribution in [1.82, 2.24) is 10.2 Å². The minimum absolute atomic E-state index is 0.0211. The molecule has 5 heteroatoms. The smallest absolute Gasteiger partial charge is 0.313 e. The van der Waals surface area contributed by atoms with Crippen LogP contribution in [0.25, 0.3) is 0 Å². The zero-order valence-electron chi connectivity index (χ0n) is 11.2. The Morgan fingerprint density at radius 1 is 1.37 bits per heavy atom. The Morgan fingerprint density at radius 3 is 2.63 bits per heavy atom. The Bertz CT molecular complexity index is 431. The van der Waals surface area contributed by atoms with Crippen LogP contribution >= 0.6 is 0 Å². The molecule has 2 unspecified atom stereocenters. The van der Waals surface area contributed by atoms with E-state index in [9.17, 15) is 13.2 Å². The van der Waals surface area contributed by atoms with Gasteiger partial charge in [0.05, 0.1) is 5.56 Å². The van der Waals surface area contributed by atoms with Gasteiger partial charge in [0.25, 0.3) is 0 Å². The van der Waals surface area contributed by atoms with Gasteiger partial charge in [0.2, 0.25) is 0 Å². The van der Waals surface area contributed by atoms with Crippen LogP contribution in [0.3, 0.4) is 0 Å². The summed E-state index contributed by atoms with van der Waals surface area (Å²) in [5.74, 6) is 0.360. The fourth-order valence-corrected chi connectivity index (χ4v) is 2.82. The number of nitrogens with one attached hydrogen (secondary N) is 1. The Hall–Kier alpha value is -1.07. The lowest BCUT2D eigenvalue weighted by Crippen LogP contribution is -2.27. The van der Waals surface area contributed by atoms with Gasteiger partial charge in [0.1, 0.15) is 0 Å². The number of benzene rings is 1. The molecule has 1 N–H and O–H groups in total. The summed E-state index contributed by atoms with van der Waals surface area (Å²) < 4.78 is 38.2. The van der Waals surface area contributed by atoms with Gasteiger partial charge in [0.15, 0.2) is 0 Å². The molecule has 1 saturated heterocycles. The third kappa shape index (κ3) is 3.28. The number of likely N-dealkylation sites (tertiary alicyclic amines) is 1. The molecule has 19 heavy (non-hydrogen) atoms. The van der Waals surface area contributed by atoms with Gasteiger partial charge in [-0.3, -0.25) is 0 Å². The lowest BCUT2D eigenvalue weighted by atomic mass is 9.91. The topological polar surface area (TPSA) is 15.3 Å². The highest BCUT2D eigenvalue weighted by Crippen LogP contribution is 2.34. The van der Waals surface area contributed by atoms with Crippen molar-refractivity contribution >= 4 is 0 Å². The Morgan fingerprint density at radius 2 is 2.11 bits per heavy atom. The summed E-state index contributed by atoms with van der Waals surface area (Å²) in [6.45, 7) is 1.92. The molecule has 1 aliphatic heterocycles. The number of rotatable bonds is 3. The first-order valence-corrected chi connectivity index (χ1v) is 6.45. The lowest BCUT2D eigenvalue weighted by molar-refractivity contribution is -0.137. The van der Waals surface area contributed by atoms with Crippen LogP contribution in [0, 0.1) is 5.92 Å². The largest absolute Gasteiger partial charge is 0.416 e. The molecule has 0 radical (unpaired) electrons. The Kier molecular flexibility index (Phi) is 4.16. The van der Waals surface area contributed by atoms with E-state index in [1.165, 1.54) is 12.1 Å². The van der Waals surface area contributed by atoms with E-state index in [0.717, 1.165) is 31.1 Å². The fraction of sp³-hybridized carbons (Fsp3) is 0.571. The van der Waals surface area contributed by atoms with Crippen molar-refractivity contribution in [3.05, 3.63) is 35.4 Å². The Labute approximate surface area is 111 Å². The summed E-state index contributed by atoms with van der Waals surface area (Å²) in [6, 6.07) is 5.62. The molecule has 106 valence electrons. The first kappa shape index (κ1) is 14.3. The number of nitrogens with zero attached hydrogens (tertiary/aromatic N) is 1. The molecule has 2 rings (SSSR count). The second-order valence-electron chi connectivity index (χ2n) is 5.20. The SMILES string of the molecule is CNC(c1cccc(C(F)(F)F)c1)C1CCN(C)C1. The van der Waals surface area contributed by atoms with E-state index in [1.807, 2.05) is 14.1 Å². The highest BCUT2D eigenvalue weighted by Gasteiger charge is 2.33. The molecule has 0 saturated carbocycles. The summed E-state index contributed by atoms with van der Waals surface area (Å²) in [6.07, 6.45) is -3.26. The quantitative estimate of drug-likeness (QED) is 0.910. The van der Waals surface area contributed by atoms with Crippen LogP contribution in [0.2, 0.25) is 0 Å². The molecule has 0 spiro atoms. The van der Waals surface area contributed by atoms with Gasteiger partial charge in [-0.2, -0.15) is 13.2 Å². The van der Waals surface area contributed by atoms with Gasteiger partial charge in [-0.1, -0.05) is 12.1 Å². The Balaban J connectivity index is 2.23. The van der Waals surface area contributed by atoms with E-state index in [1.54, 1.807) is 6.07 Å². The van der Waals surface area contributed by atoms with Gasteiger partial charge in [-0.15, -0.1) is 0 Å². The standard InChI is InChI=1S/C14H19F3N2/c1-18-13(11-6-7-19(2)9-11)10-4-3-5-12(8-10)14(15,16)17/h3-5,8,11,13,18H,6-7,9H2,1-2H3. The van der Waals surface area contributed by atoms with Crippen LogP contribution in [-0.4, -0.2) is 32.1 Å². The molecule has 1 fully saturated rings. The number of hydrogen-bond donors (Lipinski definition) is 1. The molecule has 2 atom stereocenters. The molecule has 0 bridgehead atoms. The molecule has 1 aromatic rings. The minimum atomic E-state index is -4.28. The third-order valence-electron chi connectivity index (χ3n) is 3.78. The maximum absolute atomic E-state index is 12.7. The van der Waals surface area contributed by atoms with E-state index in [-0.39, 0.29) is 6.04 Å². The maximum atomic E-state index is 12.7. The molecule has 0 aliphatic carbocycles. The predicted molar refractivity (Wildman–Crippen MR) is 68.8 cm³/mol. The zero-order valence-corrected chi connectivity index (χ0v) is 11.2. The van der Waals surface area contributed by atoms with Crippen molar-refractivity contribution in [1.29, 1.82) is 0 Å². The second-order valence-corrected chi connectivity index (χ2v) is 5.20. The van der Waals surface area contributed by atoms with Gasteiger partial charge < -0.3 is 10.2 Å². The summed E-state index contributed by atoms with van der Waals surface area (Å²) in [5.41, 5.74) is 0.147. The van der Waals surface area contributed by atoms with Crippen LogP contribution in [0.5, 0.6) is 0 Å². The highest BCUT2D eigenvalue weighted by molar-refractivity contribution is 5.28. The van der Waals surface area contributed by atoms with Crippen molar-refractivity contribution < 1.29 is 13.2 Å². The van der Waals surface area contributed by atoms with Gasteiger partial charge >= 0.3 is 6.18 Å². The van der Waals surface area contributed by atoms with Crippen LogP contribution in [0.1, 0.15) is 23.6 Å². The molecule has 0 amide bonds. The normalized spacial score (nSPS) is 22.7. The summed E-state index contributed by atoms with van der Waals surface area (Å²) >= 11 is 0. The third-order valence-corrected chi connectivity index (χ3v) is 3.78. The van der Waals surface area contributed by atoms with Crippen molar-refractivity contribution in [2.24, 2.45) is 5.92 Å². The summed E-state index contributed by atoms with van der Waals surface area (Å²) in [5, 5.41) is 3.17. The maximum Gasteiger partial charge on any atom is 0.416 e. The average molecular weight is 272 g/mol. The second kappa shape index (κ2) is 5.51. The number of hydrogen-bond acceptors (Lipinski definition) is 2. The van der Waals surface area contributed by atoms with Crippen LogP contribution in [-0.2, 0) is 6.18 Å². The van der Waals surface area contributed by atoms with Crippen LogP contribution in [0.15, 0.2) is 24.3 Å². The van der Waals surface area contributed by atoms with E-state index >= 15 is 0 Å². The van der Waals surface area contributed by atoms with Gasteiger partial charge in [0, 0.05) is 12.6 Å². The van der Waals surface area contributed by atoms with Gasteiger partial charge in [-0.25, -0.2) is 0 Å². The van der Waals surface area contributed by atoms with Crippen molar-refractivity contribution in [3.63, 3.8) is 0 Å². The van der Waals surface area contributed by atoms with Crippen LogP contribution in [0.4, 0.5) is 13.2 Å². The lowest BCUT2D eigenvalue weighted by Gasteiger charge is -2.24. The molecule has 1 heterocycles. The summed E-state index contributed by atoms with van der Waals surface area (Å²) in [4.78, 5) is 2.21. The zero-order chi connectivity index (χ0) is 14.0. The molecular weight excluding hydrogens is 253 g/mol.